The maximum Gasteiger partial charge on any atom is 0.330 e. The Morgan fingerprint density at radius 2 is 1.72 bits per heavy atom. The van der Waals surface area contributed by atoms with E-state index in [0.29, 0.717) is 47.2 Å². The Morgan fingerprint density at radius 1 is 0.969 bits per heavy atom. The average Bonchev–Trinajstić information content (AvgIpc) is 3.22. The molecule has 2 aromatic carbocycles. The van der Waals surface area contributed by atoms with Crippen LogP contribution in [0.4, 0.5) is 5.69 Å². The van der Waals surface area contributed by atoms with Gasteiger partial charge in [0.1, 0.15) is 13.2 Å². The van der Waals surface area contributed by atoms with Crippen molar-refractivity contribution in [2.45, 2.75) is 0 Å². The van der Waals surface area contributed by atoms with Crippen LogP contribution in [0.2, 0.25) is 0 Å². The fourth-order valence-electron chi connectivity index (χ4n) is 3.98. The Morgan fingerprint density at radius 3 is 2.47 bits per heavy atom. The lowest BCUT2D eigenvalue weighted by Crippen LogP contribution is -2.36. The van der Waals surface area contributed by atoms with Gasteiger partial charge in [0.2, 0.25) is 0 Å². The van der Waals surface area contributed by atoms with Crippen molar-refractivity contribution in [2.75, 3.05) is 13.2 Å². The zero-order valence-electron chi connectivity index (χ0n) is 17.3. The van der Waals surface area contributed by atoms with Crippen LogP contribution in [0.5, 0.6) is 11.5 Å². The largest absolute Gasteiger partial charge is 0.486 e. The zero-order valence-corrected chi connectivity index (χ0v) is 17.3. The summed E-state index contributed by atoms with van der Waals surface area (Å²) >= 11 is 0. The second-order valence-corrected chi connectivity index (χ2v) is 7.45. The van der Waals surface area contributed by atoms with Crippen molar-refractivity contribution in [1.82, 2.24) is 13.7 Å². The highest BCUT2D eigenvalue weighted by atomic mass is 16.6. The number of aryl methyl sites for hydroxylation is 1. The van der Waals surface area contributed by atoms with Crippen molar-refractivity contribution < 1.29 is 14.4 Å². The Kier molecular flexibility index (Phi) is 4.36. The summed E-state index contributed by atoms with van der Waals surface area (Å²) in [6.07, 6.45) is 1.68. The highest BCUT2D eigenvalue weighted by molar-refractivity contribution is 5.95. The molecule has 0 atom stereocenters. The van der Waals surface area contributed by atoms with Gasteiger partial charge in [0, 0.05) is 49.7 Å². The number of hydrogen-bond acceptors (Lipinski definition) is 6. The summed E-state index contributed by atoms with van der Waals surface area (Å²) in [7, 11) is 2.98. The van der Waals surface area contributed by atoms with Gasteiger partial charge in [0.05, 0.1) is 21.5 Å². The predicted octanol–water partition coefficient (Wildman–Crippen LogP) is 2.37. The van der Waals surface area contributed by atoms with Crippen LogP contribution < -0.4 is 20.7 Å². The van der Waals surface area contributed by atoms with Gasteiger partial charge >= 0.3 is 5.69 Å². The second-order valence-electron chi connectivity index (χ2n) is 7.45. The molecule has 1 aliphatic heterocycles. The number of rotatable bonds is 3. The molecule has 0 saturated heterocycles. The summed E-state index contributed by atoms with van der Waals surface area (Å²) in [5, 5.41) is 11.7. The van der Waals surface area contributed by atoms with Crippen molar-refractivity contribution in [2.24, 2.45) is 14.1 Å². The molecular weight excluding hydrogens is 416 g/mol. The Labute approximate surface area is 180 Å². The molecule has 10 heteroatoms. The molecule has 10 nitrogen and oxygen atoms in total. The van der Waals surface area contributed by atoms with E-state index in [1.165, 1.54) is 23.7 Å². The third kappa shape index (κ3) is 2.88. The normalized spacial score (nSPS) is 12.8. The van der Waals surface area contributed by atoms with Gasteiger partial charge in [-0.1, -0.05) is 12.1 Å². The molecule has 162 valence electrons. The Balaban J connectivity index is 1.89. The first kappa shape index (κ1) is 19.6. The second kappa shape index (κ2) is 7.12. The molecular formula is C22H18N4O6. The first-order valence-electron chi connectivity index (χ1n) is 9.82. The number of ether oxygens (including phenoxy) is 2. The highest BCUT2D eigenvalue weighted by Gasteiger charge is 2.22. The van der Waals surface area contributed by atoms with E-state index in [0.717, 1.165) is 4.57 Å². The number of nitrogens with zero attached hydrogens (tertiary/aromatic N) is 4. The summed E-state index contributed by atoms with van der Waals surface area (Å²) in [6.45, 7) is 0.869. The molecule has 0 amide bonds. The van der Waals surface area contributed by atoms with Crippen LogP contribution in [0.15, 0.2) is 58.3 Å². The van der Waals surface area contributed by atoms with E-state index < -0.39 is 16.2 Å². The van der Waals surface area contributed by atoms with Crippen molar-refractivity contribution >= 4 is 16.6 Å². The number of aromatic nitrogens is 3. The first-order valence-corrected chi connectivity index (χ1v) is 9.82. The molecule has 0 spiro atoms. The monoisotopic (exact) mass is 434 g/mol. The fraction of sp³-hybridized carbons (Fsp3) is 0.182. The van der Waals surface area contributed by atoms with Gasteiger partial charge in [-0.25, -0.2) is 4.79 Å². The van der Waals surface area contributed by atoms with Crippen LogP contribution in [0, 0.1) is 10.1 Å². The summed E-state index contributed by atoms with van der Waals surface area (Å²) in [4.78, 5) is 36.6. The van der Waals surface area contributed by atoms with Crippen molar-refractivity contribution in [3.8, 4) is 28.4 Å². The van der Waals surface area contributed by atoms with E-state index in [9.17, 15) is 19.7 Å². The van der Waals surface area contributed by atoms with Gasteiger partial charge in [-0.05, 0) is 12.1 Å². The number of hydrogen-bond donors (Lipinski definition) is 0. The fourth-order valence-corrected chi connectivity index (χ4v) is 3.98. The number of nitro groups is 1. The van der Waals surface area contributed by atoms with Crippen LogP contribution in [0.25, 0.3) is 27.8 Å². The molecule has 2 aromatic heterocycles. The molecule has 5 rings (SSSR count). The Bertz CT molecular complexity index is 1530. The lowest BCUT2D eigenvalue weighted by Gasteiger charge is -2.19. The molecule has 4 aromatic rings. The minimum Gasteiger partial charge on any atom is -0.486 e. The van der Waals surface area contributed by atoms with Crippen molar-refractivity contribution in [1.29, 1.82) is 0 Å². The third-order valence-electron chi connectivity index (χ3n) is 5.57. The molecule has 0 saturated carbocycles. The van der Waals surface area contributed by atoms with Gasteiger partial charge < -0.3 is 14.0 Å². The van der Waals surface area contributed by atoms with E-state index in [1.54, 1.807) is 48.1 Å². The molecule has 0 aliphatic carbocycles. The third-order valence-corrected chi connectivity index (χ3v) is 5.57. The van der Waals surface area contributed by atoms with Crippen molar-refractivity contribution in [3.63, 3.8) is 0 Å². The molecule has 3 heterocycles. The zero-order chi connectivity index (χ0) is 22.6. The molecule has 0 bridgehead atoms. The van der Waals surface area contributed by atoms with E-state index in [-0.39, 0.29) is 11.1 Å². The van der Waals surface area contributed by atoms with Crippen LogP contribution in [-0.4, -0.2) is 31.8 Å². The maximum atomic E-state index is 13.1. The highest BCUT2D eigenvalue weighted by Crippen LogP contribution is 2.36. The van der Waals surface area contributed by atoms with Crippen molar-refractivity contribution in [3.05, 3.63) is 79.6 Å². The molecule has 0 unspecified atom stereocenters. The summed E-state index contributed by atoms with van der Waals surface area (Å²) in [5.74, 6) is 1.16. The van der Waals surface area contributed by atoms with E-state index in [4.69, 9.17) is 9.47 Å². The topological polar surface area (TPSA) is 111 Å². The number of nitro benzene ring substituents is 1. The van der Waals surface area contributed by atoms with Crippen LogP contribution in [0.1, 0.15) is 0 Å². The first-order chi connectivity index (χ1) is 15.4. The summed E-state index contributed by atoms with van der Waals surface area (Å²) < 4.78 is 15.4. The lowest BCUT2D eigenvalue weighted by atomic mass is 10.1. The molecule has 0 radical (unpaired) electrons. The number of fused-ring (bicyclic) bond motifs is 2. The van der Waals surface area contributed by atoms with Gasteiger partial charge in [0.15, 0.2) is 11.5 Å². The summed E-state index contributed by atoms with van der Waals surface area (Å²) in [5.41, 5.74) is 0.924. The van der Waals surface area contributed by atoms with E-state index in [1.807, 2.05) is 0 Å². The van der Waals surface area contributed by atoms with Crippen LogP contribution >= 0.6 is 0 Å². The van der Waals surface area contributed by atoms with Gasteiger partial charge in [-0.2, -0.15) is 0 Å². The molecule has 32 heavy (non-hydrogen) atoms. The smallest absolute Gasteiger partial charge is 0.330 e. The molecule has 0 fully saturated rings. The van der Waals surface area contributed by atoms with Crippen LogP contribution in [-0.2, 0) is 14.1 Å². The predicted molar refractivity (Wildman–Crippen MR) is 117 cm³/mol. The lowest BCUT2D eigenvalue weighted by molar-refractivity contribution is -0.384. The molecule has 1 aliphatic rings. The van der Waals surface area contributed by atoms with Gasteiger partial charge in [0.25, 0.3) is 11.2 Å². The number of benzene rings is 2. The minimum atomic E-state index is -0.489. The minimum absolute atomic E-state index is 0.104. The number of non-ortho nitro benzene ring substituents is 1. The van der Waals surface area contributed by atoms with Gasteiger partial charge in [-0.15, -0.1) is 0 Å². The quantitative estimate of drug-likeness (QED) is 0.362. The average molecular weight is 434 g/mol. The van der Waals surface area contributed by atoms with E-state index >= 15 is 0 Å². The standard InChI is InChI=1S/C22H18N4O6/c1-23-16-12-25(14-6-7-17-18(11-14)32-9-8-31-17)20(19(16)21(27)24(2)22(23)28)13-4-3-5-15(10-13)26(29)30/h3-7,10-12H,8-9H2,1-2H3. The molecule has 0 N–H and O–H groups in total. The SMILES string of the molecule is Cn1c(=O)c2c(-c3cccc([N+](=O)[O-])c3)n(-c3ccc4c(c3)OCCO4)cc2n(C)c1=O. The summed E-state index contributed by atoms with van der Waals surface area (Å²) in [6, 6.07) is 11.4. The van der Waals surface area contributed by atoms with Crippen LogP contribution in [0.3, 0.4) is 0 Å². The van der Waals surface area contributed by atoms with E-state index in [2.05, 4.69) is 0 Å². The Hall–Kier alpha value is -4.34. The maximum absolute atomic E-state index is 13.1. The van der Waals surface area contributed by atoms with Gasteiger partial charge in [-0.3, -0.25) is 24.0 Å².